The van der Waals surface area contributed by atoms with E-state index < -0.39 is 11.5 Å². The van der Waals surface area contributed by atoms with Gasteiger partial charge in [-0.3, -0.25) is 9.69 Å². The highest BCUT2D eigenvalue weighted by Crippen LogP contribution is 2.45. The third-order valence-electron chi connectivity index (χ3n) is 3.22. The minimum Gasteiger partial charge on any atom is -0.480 e. The molecule has 0 aromatic heterocycles. The van der Waals surface area contributed by atoms with E-state index in [-0.39, 0.29) is 0 Å². The van der Waals surface area contributed by atoms with Crippen LogP contribution < -0.4 is 0 Å². The van der Waals surface area contributed by atoms with Crippen molar-refractivity contribution >= 4 is 5.97 Å². The van der Waals surface area contributed by atoms with Gasteiger partial charge in [0, 0.05) is 6.04 Å². The van der Waals surface area contributed by atoms with Crippen molar-refractivity contribution in [1.82, 2.24) is 4.90 Å². The van der Waals surface area contributed by atoms with Gasteiger partial charge in [-0.15, -0.1) is 0 Å². The first kappa shape index (κ1) is 8.05. The third-order valence-corrected chi connectivity index (χ3v) is 3.22. The van der Waals surface area contributed by atoms with Crippen molar-refractivity contribution < 1.29 is 9.90 Å². The van der Waals surface area contributed by atoms with E-state index in [4.69, 9.17) is 5.11 Å². The normalized spacial score (nSPS) is 33.6. The van der Waals surface area contributed by atoms with Crippen LogP contribution in [0, 0.1) is 0 Å². The number of likely N-dealkylation sites (tertiary alicyclic amines) is 1. The fraction of sp³-hybridized carbons (Fsp3) is 0.889. The van der Waals surface area contributed by atoms with Gasteiger partial charge in [0.05, 0.1) is 0 Å². The topological polar surface area (TPSA) is 40.5 Å². The second kappa shape index (κ2) is 2.46. The van der Waals surface area contributed by atoms with Crippen LogP contribution in [0.25, 0.3) is 0 Å². The Kier molecular flexibility index (Phi) is 1.65. The number of aliphatic carboxylic acids is 1. The highest BCUT2D eigenvalue weighted by Gasteiger charge is 2.56. The second-order valence-electron chi connectivity index (χ2n) is 4.02. The predicted molar refractivity (Wildman–Crippen MR) is 45.0 cm³/mol. The summed E-state index contributed by atoms with van der Waals surface area (Å²) in [4.78, 5) is 13.2. The van der Waals surface area contributed by atoms with Crippen LogP contribution in [0.2, 0.25) is 0 Å². The second-order valence-corrected chi connectivity index (χ2v) is 4.02. The van der Waals surface area contributed by atoms with Gasteiger partial charge in [-0.05, 0) is 39.2 Å². The monoisotopic (exact) mass is 169 g/mol. The Hall–Kier alpha value is -0.570. The Labute approximate surface area is 72.4 Å². The first-order valence-corrected chi connectivity index (χ1v) is 4.67. The molecule has 1 heterocycles. The molecule has 2 rings (SSSR count). The molecule has 0 amide bonds. The Morgan fingerprint density at radius 1 is 1.58 bits per heavy atom. The summed E-state index contributed by atoms with van der Waals surface area (Å²) < 4.78 is 0. The Bertz CT molecular complexity index is 211. The molecule has 1 saturated carbocycles. The average Bonchev–Trinajstić information content (AvgIpc) is 2.71. The van der Waals surface area contributed by atoms with Crippen molar-refractivity contribution in [2.45, 2.75) is 44.2 Å². The van der Waals surface area contributed by atoms with Gasteiger partial charge in [-0.1, -0.05) is 0 Å². The zero-order valence-corrected chi connectivity index (χ0v) is 7.42. The molecular weight excluding hydrogens is 154 g/mol. The van der Waals surface area contributed by atoms with E-state index in [9.17, 15) is 4.79 Å². The molecule has 1 atom stereocenters. The number of carboxylic acids is 1. The molecule has 3 nitrogen and oxygen atoms in total. The molecule has 1 unspecified atom stereocenters. The molecule has 2 fully saturated rings. The Morgan fingerprint density at radius 2 is 2.25 bits per heavy atom. The summed E-state index contributed by atoms with van der Waals surface area (Å²) >= 11 is 0. The molecule has 12 heavy (non-hydrogen) atoms. The largest absolute Gasteiger partial charge is 0.480 e. The van der Waals surface area contributed by atoms with E-state index in [2.05, 4.69) is 11.8 Å². The minimum absolute atomic E-state index is 0.448. The summed E-state index contributed by atoms with van der Waals surface area (Å²) in [6.07, 6.45) is 4.03. The zero-order valence-electron chi connectivity index (χ0n) is 7.42. The number of hydrogen-bond acceptors (Lipinski definition) is 2. The van der Waals surface area contributed by atoms with Gasteiger partial charge < -0.3 is 5.11 Å². The van der Waals surface area contributed by atoms with Gasteiger partial charge >= 0.3 is 5.97 Å². The van der Waals surface area contributed by atoms with E-state index in [0.717, 1.165) is 32.2 Å². The summed E-state index contributed by atoms with van der Waals surface area (Å²) in [5.74, 6) is -0.615. The van der Waals surface area contributed by atoms with Crippen LogP contribution in [0.3, 0.4) is 0 Å². The number of carbonyl (C=O) groups is 1. The Morgan fingerprint density at radius 3 is 2.58 bits per heavy atom. The van der Waals surface area contributed by atoms with Crippen LogP contribution in [-0.2, 0) is 4.79 Å². The molecule has 0 radical (unpaired) electrons. The maximum absolute atomic E-state index is 11.0. The summed E-state index contributed by atoms with van der Waals surface area (Å²) in [6, 6.07) is 0.476. The maximum Gasteiger partial charge on any atom is 0.324 e. The van der Waals surface area contributed by atoms with E-state index in [0.29, 0.717) is 6.04 Å². The predicted octanol–water partition coefficient (Wildman–Crippen LogP) is 1.09. The number of hydrogen-bond donors (Lipinski definition) is 1. The van der Waals surface area contributed by atoms with Gasteiger partial charge in [0.1, 0.15) is 5.54 Å². The summed E-state index contributed by atoms with van der Waals surface area (Å²) in [6.45, 7) is 3.11. The fourth-order valence-corrected chi connectivity index (χ4v) is 2.31. The lowest BCUT2D eigenvalue weighted by Crippen LogP contribution is -2.45. The summed E-state index contributed by atoms with van der Waals surface area (Å²) in [7, 11) is 0. The van der Waals surface area contributed by atoms with E-state index >= 15 is 0 Å². The molecular formula is C9H15NO2. The van der Waals surface area contributed by atoms with Crippen molar-refractivity contribution in [3.63, 3.8) is 0 Å². The Balaban J connectivity index is 2.13. The molecule has 1 N–H and O–H groups in total. The van der Waals surface area contributed by atoms with Crippen LogP contribution in [0.15, 0.2) is 0 Å². The first-order chi connectivity index (χ1) is 5.67. The molecule has 0 aromatic rings. The quantitative estimate of drug-likeness (QED) is 0.672. The first-order valence-electron chi connectivity index (χ1n) is 4.67. The smallest absolute Gasteiger partial charge is 0.324 e. The van der Waals surface area contributed by atoms with Crippen LogP contribution >= 0.6 is 0 Å². The van der Waals surface area contributed by atoms with Crippen LogP contribution in [-0.4, -0.2) is 34.1 Å². The van der Waals surface area contributed by atoms with Crippen molar-refractivity contribution in [2.24, 2.45) is 0 Å². The van der Waals surface area contributed by atoms with Crippen molar-refractivity contribution in [3.05, 3.63) is 0 Å². The van der Waals surface area contributed by atoms with Gasteiger partial charge in [0.25, 0.3) is 0 Å². The number of carboxylic acid groups (broad SMARTS) is 1. The van der Waals surface area contributed by atoms with E-state index in [1.807, 2.05) is 0 Å². The number of nitrogens with zero attached hydrogens (tertiary/aromatic N) is 1. The highest BCUT2D eigenvalue weighted by atomic mass is 16.4. The fourth-order valence-electron chi connectivity index (χ4n) is 2.31. The molecule has 1 aliphatic heterocycles. The van der Waals surface area contributed by atoms with Crippen LogP contribution in [0.4, 0.5) is 0 Å². The molecule has 68 valence electrons. The summed E-state index contributed by atoms with van der Waals surface area (Å²) in [5.41, 5.74) is -0.448. The summed E-state index contributed by atoms with van der Waals surface area (Å²) in [5, 5.41) is 9.04. The lowest BCUT2D eigenvalue weighted by atomic mass is 10.2. The lowest BCUT2D eigenvalue weighted by Gasteiger charge is -2.27. The number of rotatable bonds is 2. The zero-order chi connectivity index (χ0) is 8.77. The van der Waals surface area contributed by atoms with E-state index in [1.165, 1.54) is 0 Å². The lowest BCUT2D eigenvalue weighted by molar-refractivity contribution is -0.145. The van der Waals surface area contributed by atoms with Gasteiger partial charge in [-0.2, -0.15) is 0 Å². The van der Waals surface area contributed by atoms with Crippen molar-refractivity contribution in [2.75, 3.05) is 6.54 Å². The molecule has 0 aromatic carbocycles. The molecule has 1 saturated heterocycles. The van der Waals surface area contributed by atoms with Gasteiger partial charge in [-0.25, -0.2) is 0 Å². The molecule has 3 heteroatoms. The van der Waals surface area contributed by atoms with Crippen LogP contribution in [0.5, 0.6) is 0 Å². The minimum atomic E-state index is -0.615. The van der Waals surface area contributed by atoms with Crippen molar-refractivity contribution in [3.8, 4) is 0 Å². The van der Waals surface area contributed by atoms with Crippen LogP contribution in [0.1, 0.15) is 32.6 Å². The maximum atomic E-state index is 11.0. The molecule has 0 spiro atoms. The SMILES string of the molecule is CC1CCCN1C1(C(=O)O)CC1. The highest BCUT2D eigenvalue weighted by molar-refractivity contribution is 5.82. The third kappa shape index (κ3) is 0.959. The van der Waals surface area contributed by atoms with Gasteiger partial charge in [0.15, 0.2) is 0 Å². The van der Waals surface area contributed by atoms with Gasteiger partial charge in [0.2, 0.25) is 0 Å². The average molecular weight is 169 g/mol. The molecule has 2 aliphatic rings. The molecule has 1 aliphatic carbocycles. The molecule has 0 bridgehead atoms. The standard InChI is InChI=1S/C9H15NO2/c1-7-3-2-6-10(7)9(4-5-9)8(11)12/h7H,2-6H2,1H3,(H,11,12). The van der Waals surface area contributed by atoms with E-state index in [1.54, 1.807) is 0 Å². The van der Waals surface area contributed by atoms with Crippen molar-refractivity contribution in [1.29, 1.82) is 0 Å².